The van der Waals surface area contributed by atoms with Gasteiger partial charge in [-0.2, -0.15) is 0 Å². The van der Waals surface area contributed by atoms with Crippen LogP contribution in [0.4, 0.5) is 0 Å². The van der Waals surface area contributed by atoms with Gasteiger partial charge in [0.05, 0.1) is 6.42 Å². The number of carbonyl (C=O) groups is 1. The van der Waals surface area contributed by atoms with E-state index >= 15 is 0 Å². The normalized spacial score (nSPS) is 15.1. The van der Waals surface area contributed by atoms with E-state index in [2.05, 4.69) is 36.8 Å². The molecular weight excluding hydrogens is 370 g/mol. The van der Waals surface area contributed by atoms with Crippen LogP contribution in [0.15, 0.2) is 28.7 Å². The third-order valence-corrected chi connectivity index (χ3v) is 4.67. The van der Waals surface area contributed by atoms with Crippen molar-refractivity contribution in [1.82, 2.24) is 4.90 Å². The largest absolute Gasteiger partial charge is 0.339 e. The molecule has 0 unspecified atom stereocenters. The first-order chi connectivity index (χ1) is 9.20. The van der Waals surface area contributed by atoms with Gasteiger partial charge in [-0.3, -0.25) is 4.79 Å². The van der Waals surface area contributed by atoms with Gasteiger partial charge in [0.2, 0.25) is 5.91 Å². The maximum Gasteiger partial charge on any atom is 0.227 e. The van der Waals surface area contributed by atoms with Gasteiger partial charge in [0, 0.05) is 22.4 Å². The summed E-state index contributed by atoms with van der Waals surface area (Å²) in [7, 11) is 0. The molecule has 4 heteroatoms. The smallest absolute Gasteiger partial charge is 0.227 e. The van der Waals surface area contributed by atoms with Crippen molar-refractivity contribution in [1.29, 1.82) is 0 Å². The topological polar surface area (TPSA) is 20.3 Å². The molecule has 1 aliphatic carbocycles. The van der Waals surface area contributed by atoms with Gasteiger partial charge in [-0.05, 0) is 43.4 Å². The zero-order chi connectivity index (χ0) is 13.7. The maximum absolute atomic E-state index is 12.5. The van der Waals surface area contributed by atoms with Gasteiger partial charge in [0.1, 0.15) is 0 Å². The maximum atomic E-state index is 12.5. The highest BCUT2D eigenvalue weighted by atomic mass is 79.9. The Morgan fingerprint density at radius 2 is 2.16 bits per heavy atom. The lowest BCUT2D eigenvalue weighted by molar-refractivity contribution is -0.134. The lowest BCUT2D eigenvalue weighted by Crippen LogP contribution is -2.45. The highest BCUT2D eigenvalue weighted by molar-refractivity contribution is 9.10. The summed E-state index contributed by atoms with van der Waals surface area (Å²) < 4.78 is 1.04. The summed E-state index contributed by atoms with van der Waals surface area (Å²) in [5.74, 6) is 0.267. The Hall–Kier alpha value is -0.350. The number of benzene rings is 1. The van der Waals surface area contributed by atoms with E-state index in [1.807, 2.05) is 24.3 Å². The Bertz CT molecular complexity index is 432. The fraction of sp³-hybridized carbons (Fsp3) is 0.533. The van der Waals surface area contributed by atoms with E-state index in [0.29, 0.717) is 12.5 Å². The standard InChI is InChI=1S/C15H19Br2NO/c16-8-3-9-18(14-6-2-7-14)15(19)11-12-4-1-5-13(17)10-12/h1,4-5,10,14H,2-3,6-9,11H2. The molecule has 104 valence electrons. The van der Waals surface area contributed by atoms with Gasteiger partial charge in [0.25, 0.3) is 0 Å². The second-order valence-corrected chi connectivity index (χ2v) is 6.73. The van der Waals surface area contributed by atoms with Crippen molar-refractivity contribution in [3.63, 3.8) is 0 Å². The van der Waals surface area contributed by atoms with E-state index in [1.165, 1.54) is 19.3 Å². The number of carbonyl (C=O) groups excluding carboxylic acids is 1. The van der Waals surface area contributed by atoms with Crippen LogP contribution in [-0.2, 0) is 11.2 Å². The minimum atomic E-state index is 0.267. The summed E-state index contributed by atoms with van der Waals surface area (Å²) in [5, 5.41) is 0.959. The van der Waals surface area contributed by atoms with Crippen molar-refractivity contribution < 1.29 is 4.79 Å². The molecule has 0 atom stereocenters. The third kappa shape index (κ3) is 4.32. The highest BCUT2D eigenvalue weighted by Crippen LogP contribution is 2.26. The van der Waals surface area contributed by atoms with E-state index < -0.39 is 0 Å². The number of hydrogen-bond donors (Lipinski definition) is 0. The first-order valence-electron chi connectivity index (χ1n) is 6.80. The Labute approximate surface area is 131 Å². The summed E-state index contributed by atoms with van der Waals surface area (Å²) in [6, 6.07) is 8.51. The number of rotatable bonds is 6. The van der Waals surface area contributed by atoms with Gasteiger partial charge in [-0.25, -0.2) is 0 Å². The summed E-state index contributed by atoms with van der Waals surface area (Å²) in [6.45, 7) is 0.878. The first-order valence-corrected chi connectivity index (χ1v) is 8.72. The van der Waals surface area contributed by atoms with E-state index in [0.717, 1.165) is 28.3 Å². The van der Waals surface area contributed by atoms with Crippen LogP contribution >= 0.6 is 31.9 Å². The van der Waals surface area contributed by atoms with Gasteiger partial charge in [-0.15, -0.1) is 0 Å². The molecule has 0 radical (unpaired) electrons. The van der Waals surface area contributed by atoms with E-state index in [4.69, 9.17) is 0 Å². The second kappa shape index (κ2) is 7.44. The monoisotopic (exact) mass is 387 g/mol. The van der Waals surface area contributed by atoms with E-state index in [9.17, 15) is 4.79 Å². The number of hydrogen-bond acceptors (Lipinski definition) is 1. The average Bonchev–Trinajstić information content (AvgIpc) is 2.31. The predicted octanol–water partition coefficient (Wildman–Crippen LogP) is 4.16. The van der Waals surface area contributed by atoms with Crippen LogP contribution in [0.5, 0.6) is 0 Å². The van der Waals surface area contributed by atoms with Crippen molar-refractivity contribution in [3.05, 3.63) is 34.3 Å². The van der Waals surface area contributed by atoms with Crippen LogP contribution in [0.1, 0.15) is 31.2 Å². The quantitative estimate of drug-likeness (QED) is 0.670. The third-order valence-electron chi connectivity index (χ3n) is 3.61. The fourth-order valence-electron chi connectivity index (χ4n) is 2.36. The number of nitrogens with zero attached hydrogens (tertiary/aromatic N) is 1. The van der Waals surface area contributed by atoms with Gasteiger partial charge < -0.3 is 4.90 Å². The van der Waals surface area contributed by atoms with Crippen LogP contribution in [0.2, 0.25) is 0 Å². The zero-order valence-electron chi connectivity index (χ0n) is 10.9. The molecule has 1 aromatic rings. The Balaban J connectivity index is 1.98. The minimum absolute atomic E-state index is 0.267. The molecule has 0 N–H and O–H groups in total. The number of alkyl halides is 1. The molecule has 2 nitrogen and oxygen atoms in total. The van der Waals surface area contributed by atoms with E-state index in [-0.39, 0.29) is 5.91 Å². The molecule has 2 rings (SSSR count). The molecule has 1 saturated carbocycles. The minimum Gasteiger partial charge on any atom is -0.339 e. The summed E-state index contributed by atoms with van der Waals surface area (Å²) in [4.78, 5) is 14.5. The van der Waals surface area contributed by atoms with Crippen molar-refractivity contribution in [2.24, 2.45) is 0 Å². The van der Waals surface area contributed by atoms with Crippen molar-refractivity contribution in [2.45, 2.75) is 38.1 Å². The lowest BCUT2D eigenvalue weighted by Gasteiger charge is -2.37. The molecule has 0 saturated heterocycles. The molecule has 0 aromatic heterocycles. The molecule has 19 heavy (non-hydrogen) atoms. The van der Waals surface area contributed by atoms with Crippen LogP contribution in [0.3, 0.4) is 0 Å². The molecule has 1 aromatic carbocycles. The lowest BCUT2D eigenvalue weighted by atomic mass is 9.91. The summed E-state index contributed by atoms with van der Waals surface area (Å²) >= 11 is 6.90. The number of halogens is 2. The molecule has 1 fully saturated rings. The molecule has 0 heterocycles. The van der Waals surface area contributed by atoms with Crippen LogP contribution in [0.25, 0.3) is 0 Å². The van der Waals surface area contributed by atoms with E-state index in [1.54, 1.807) is 0 Å². The molecule has 1 aliphatic rings. The Morgan fingerprint density at radius 3 is 2.74 bits per heavy atom. The average molecular weight is 389 g/mol. The molecular formula is C15H19Br2NO. The molecule has 0 spiro atoms. The molecule has 0 bridgehead atoms. The van der Waals surface area contributed by atoms with Gasteiger partial charge in [-0.1, -0.05) is 44.0 Å². The second-order valence-electron chi connectivity index (χ2n) is 5.02. The molecule has 0 aliphatic heterocycles. The van der Waals surface area contributed by atoms with Crippen LogP contribution in [-0.4, -0.2) is 28.7 Å². The fourth-order valence-corrected chi connectivity index (χ4v) is 3.06. The summed E-state index contributed by atoms with van der Waals surface area (Å²) in [5.41, 5.74) is 1.09. The highest BCUT2D eigenvalue weighted by Gasteiger charge is 2.28. The molecule has 1 amide bonds. The van der Waals surface area contributed by atoms with Crippen LogP contribution in [0, 0.1) is 0 Å². The van der Waals surface area contributed by atoms with Crippen molar-refractivity contribution in [3.8, 4) is 0 Å². The SMILES string of the molecule is O=C(Cc1cccc(Br)c1)N(CCCBr)C1CCC1. The van der Waals surface area contributed by atoms with Crippen LogP contribution < -0.4 is 0 Å². The number of amides is 1. The van der Waals surface area contributed by atoms with Crippen molar-refractivity contribution in [2.75, 3.05) is 11.9 Å². The van der Waals surface area contributed by atoms with Crippen molar-refractivity contribution >= 4 is 37.8 Å². The summed E-state index contributed by atoms with van der Waals surface area (Å²) in [6.07, 6.45) is 5.15. The van der Waals surface area contributed by atoms with Gasteiger partial charge >= 0.3 is 0 Å². The predicted molar refractivity (Wildman–Crippen MR) is 85.6 cm³/mol. The Morgan fingerprint density at radius 1 is 1.37 bits per heavy atom. The first kappa shape index (κ1) is 15.0. The zero-order valence-corrected chi connectivity index (χ0v) is 14.1. The Kier molecular flexibility index (Phi) is 5.89. The van der Waals surface area contributed by atoms with Gasteiger partial charge in [0.15, 0.2) is 0 Å².